The predicted octanol–water partition coefficient (Wildman–Crippen LogP) is 4.13. The molecule has 0 aliphatic heterocycles. The first-order valence-corrected chi connectivity index (χ1v) is 7.87. The number of hydrogen-bond donors (Lipinski definition) is 0. The van der Waals surface area contributed by atoms with Gasteiger partial charge in [-0.3, -0.25) is 0 Å². The monoisotopic (exact) mass is 240 g/mol. The second-order valence-corrected chi connectivity index (χ2v) is 7.21. The van der Waals surface area contributed by atoms with Crippen molar-refractivity contribution >= 4 is 9.04 Å². The third kappa shape index (κ3) is 6.66. The Morgan fingerprint density at radius 3 is 2.25 bits per heavy atom. The molecule has 0 aromatic carbocycles. The van der Waals surface area contributed by atoms with E-state index < -0.39 is 15.3 Å². The highest BCUT2D eigenvalue weighted by Crippen LogP contribution is 2.26. The minimum absolute atomic E-state index is 0.212. The summed E-state index contributed by atoms with van der Waals surface area (Å²) in [5, 5.41) is 3.62. The van der Waals surface area contributed by atoms with E-state index in [-0.39, 0.29) is 5.41 Å². The van der Waals surface area contributed by atoms with Gasteiger partial charge in [-0.25, -0.2) is 0 Å². The van der Waals surface area contributed by atoms with Gasteiger partial charge in [-0.15, -0.1) is 0 Å². The van der Waals surface area contributed by atoms with Crippen molar-refractivity contribution in [3.8, 4) is 0 Å². The Morgan fingerprint density at radius 2 is 1.88 bits per heavy atom. The Balaban J connectivity index is 4.50. The van der Waals surface area contributed by atoms with E-state index in [1.54, 1.807) is 0 Å². The molecule has 0 aromatic rings. The predicted molar refractivity (Wildman–Crippen MR) is 69.3 cm³/mol. The fraction of sp³-hybridized carbons (Fsp3) is 0.818. The second kappa shape index (κ2) is 6.73. The summed E-state index contributed by atoms with van der Waals surface area (Å²) in [5.41, 5.74) is 8.64. The van der Waals surface area contributed by atoms with Gasteiger partial charge in [0.25, 0.3) is 0 Å². The Morgan fingerprint density at radius 1 is 1.31 bits per heavy atom. The third-order valence-electron chi connectivity index (χ3n) is 2.45. The van der Waals surface area contributed by atoms with Crippen LogP contribution >= 0.6 is 0 Å². The van der Waals surface area contributed by atoms with Crippen molar-refractivity contribution in [3.63, 3.8) is 0 Å². The summed E-state index contributed by atoms with van der Waals surface area (Å²) in [6.45, 7) is 12.7. The van der Waals surface area contributed by atoms with E-state index >= 15 is 0 Å². The molecule has 0 saturated carbocycles. The number of nitrogens with zero attached hydrogens (tertiary/aromatic N) is 3. The molecule has 0 rings (SSSR count). The van der Waals surface area contributed by atoms with Gasteiger partial charge >= 0.3 is 0 Å². The van der Waals surface area contributed by atoms with Crippen LogP contribution in [0.4, 0.5) is 0 Å². The maximum absolute atomic E-state index is 8.43. The van der Waals surface area contributed by atoms with Gasteiger partial charge in [-0.05, 0) is 30.0 Å². The summed E-state index contributed by atoms with van der Waals surface area (Å²) in [4.78, 5) is 2.79. The van der Waals surface area contributed by atoms with E-state index in [1.807, 2.05) is 19.2 Å². The number of rotatable bonds is 5. The molecule has 2 unspecified atom stereocenters. The Labute approximate surface area is 100 Å². The van der Waals surface area contributed by atoms with Gasteiger partial charge in [0.1, 0.15) is 6.23 Å². The molecule has 0 saturated heterocycles. The molecule has 0 bridgehead atoms. The van der Waals surface area contributed by atoms with Crippen LogP contribution in [0.15, 0.2) is 17.3 Å². The molecule has 5 heteroatoms. The standard InChI is InChI=1S/C11H22N3OSi/c1-9(11(2,3)4)7-8-10(13-14-12)15-16(5)6/h7-10H,1-6H3/b8-7+. The minimum Gasteiger partial charge on any atom is -0.405 e. The maximum Gasteiger partial charge on any atom is 0.206 e. The van der Waals surface area contributed by atoms with Gasteiger partial charge in [0.15, 0.2) is 0 Å². The van der Waals surface area contributed by atoms with Crippen LogP contribution in [0, 0.1) is 11.3 Å². The van der Waals surface area contributed by atoms with E-state index in [2.05, 4.69) is 43.8 Å². The quantitative estimate of drug-likeness (QED) is 0.234. The lowest BCUT2D eigenvalue weighted by Gasteiger charge is -2.24. The summed E-state index contributed by atoms with van der Waals surface area (Å²) < 4.78 is 5.55. The van der Waals surface area contributed by atoms with Gasteiger partial charge in [-0.1, -0.05) is 45.0 Å². The first kappa shape index (κ1) is 15.2. The van der Waals surface area contributed by atoms with Crippen molar-refractivity contribution in [1.29, 1.82) is 0 Å². The van der Waals surface area contributed by atoms with Crippen LogP contribution in [-0.4, -0.2) is 15.3 Å². The van der Waals surface area contributed by atoms with Crippen molar-refractivity contribution in [2.75, 3.05) is 0 Å². The molecular formula is C11H22N3OSi. The Hall–Kier alpha value is -0.773. The van der Waals surface area contributed by atoms with Gasteiger partial charge in [0.05, 0.1) is 0 Å². The van der Waals surface area contributed by atoms with Crippen LogP contribution in [0.1, 0.15) is 27.7 Å². The third-order valence-corrected chi connectivity index (χ3v) is 3.17. The average Bonchev–Trinajstić information content (AvgIpc) is 2.11. The van der Waals surface area contributed by atoms with Crippen LogP contribution in [0.5, 0.6) is 0 Å². The van der Waals surface area contributed by atoms with Crippen molar-refractivity contribution in [3.05, 3.63) is 22.6 Å². The zero-order valence-corrected chi connectivity index (χ0v) is 12.1. The molecule has 0 aliphatic carbocycles. The van der Waals surface area contributed by atoms with Crippen molar-refractivity contribution in [2.24, 2.45) is 16.4 Å². The zero-order valence-electron chi connectivity index (χ0n) is 11.1. The van der Waals surface area contributed by atoms with Crippen LogP contribution in [-0.2, 0) is 4.43 Å². The summed E-state index contributed by atoms with van der Waals surface area (Å²) >= 11 is 0. The summed E-state index contributed by atoms with van der Waals surface area (Å²) in [5.74, 6) is 0.414. The first-order valence-electron chi connectivity index (χ1n) is 5.46. The Kier molecular flexibility index (Phi) is 6.41. The number of allylic oxidation sites excluding steroid dienone is 1. The molecule has 16 heavy (non-hydrogen) atoms. The fourth-order valence-electron chi connectivity index (χ4n) is 0.944. The smallest absolute Gasteiger partial charge is 0.206 e. The van der Waals surface area contributed by atoms with Gasteiger partial charge in [0.2, 0.25) is 9.04 Å². The van der Waals surface area contributed by atoms with Gasteiger partial charge in [-0.2, -0.15) is 0 Å². The lowest BCUT2D eigenvalue weighted by Crippen LogP contribution is -2.18. The van der Waals surface area contributed by atoms with Crippen molar-refractivity contribution in [1.82, 2.24) is 0 Å². The summed E-state index contributed by atoms with van der Waals surface area (Å²) in [6, 6.07) is 0. The number of azide groups is 1. The highest BCUT2D eigenvalue weighted by molar-refractivity contribution is 6.48. The van der Waals surface area contributed by atoms with Crippen molar-refractivity contribution < 1.29 is 4.43 Å². The summed E-state index contributed by atoms with van der Waals surface area (Å²) in [6.07, 6.45) is 3.45. The van der Waals surface area contributed by atoms with Gasteiger partial charge in [0, 0.05) is 4.91 Å². The molecule has 0 aromatic heterocycles. The molecule has 0 heterocycles. The largest absolute Gasteiger partial charge is 0.405 e. The van der Waals surface area contributed by atoms with E-state index in [0.29, 0.717) is 5.92 Å². The molecular weight excluding hydrogens is 218 g/mol. The molecule has 0 N–H and O–H groups in total. The average molecular weight is 240 g/mol. The van der Waals surface area contributed by atoms with Gasteiger partial charge < -0.3 is 4.43 Å². The van der Waals surface area contributed by atoms with Crippen LogP contribution < -0.4 is 0 Å². The highest BCUT2D eigenvalue weighted by atomic mass is 28.3. The molecule has 91 valence electrons. The molecule has 0 aliphatic rings. The van der Waals surface area contributed by atoms with E-state index in [9.17, 15) is 0 Å². The van der Waals surface area contributed by atoms with E-state index in [4.69, 9.17) is 9.96 Å². The van der Waals surface area contributed by atoms with E-state index in [0.717, 1.165) is 0 Å². The number of hydrogen-bond acceptors (Lipinski definition) is 2. The Bertz CT molecular complexity index is 277. The second-order valence-electron chi connectivity index (χ2n) is 5.16. The SMILES string of the molecule is CC(/C=C/C(N=[N+]=[N-])O[Si](C)C)C(C)(C)C. The lowest BCUT2D eigenvalue weighted by atomic mass is 9.82. The van der Waals surface area contributed by atoms with Crippen molar-refractivity contribution in [2.45, 2.75) is 47.0 Å². The normalized spacial score (nSPS) is 16.2. The maximum atomic E-state index is 8.43. The minimum atomic E-state index is -0.854. The van der Waals surface area contributed by atoms with E-state index in [1.165, 1.54) is 0 Å². The molecule has 0 fully saturated rings. The first-order chi connectivity index (χ1) is 7.27. The fourth-order valence-corrected chi connectivity index (χ4v) is 1.55. The molecule has 1 radical (unpaired) electrons. The topological polar surface area (TPSA) is 58.0 Å². The molecule has 0 amide bonds. The molecule has 0 spiro atoms. The van der Waals surface area contributed by atoms with Crippen LogP contribution in [0.25, 0.3) is 10.4 Å². The van der Waals surface area contributed by atoms with Crippen LogP contribution in [0.3, 0.4) is 0 Å². The zero-order chi connectivity index (χ0) is 12.8. The van der Waals surface area contributed by atoms with Crippen LogP contribution in [0.2, 0.25) is 13.1 Å². The summed E-state index contributed by atoms with van der Waals surface area (Å²) in [7, 11) is -0.854. The highest BCUT2D eigenvalue weighted by Gasteiger charge is 2.17. The lowest BCUT2D eigenvalue weighted by molar-refractivity contribution is 0.258. The molecule has 4 nitrogen and oxygen atoms in total. The molecule has 2 atom stereocenters.